The van der Waals surface area contributed by atoms with Gasteiger partial charge in [0.1, 0.15) is 11.2 Å². The molecule has 1 atom stereocenters. The van der Waals surface area contributed by atoms with Gasteiger partial charge in [-0.1, -0.05) is 24.3 Å². The monoisotopic (exact) mass is 507 g/mol. The van der Waals surface area contributed by atoms with Crippen LogP contribution in [0.3, 0.4) is 0 Å². The minimum absolute atomic E-state index is 0.172. The van der Waals surface area contributed by atoms with Crippen molar-refractivity contribution < 1.29 is 28.6 Å². The quantitative estimate of drug-likeness (QED) is 0.391. The zero-order chi connectivity index (χ0) is 25.2. The summed E-state index contributed by atoms with van der Waals surface area (Å²) in [7, 11) is 1.49. The van der Waals surface area contributed by atoms with E-state index in [1.54, 1.807) is 54.3 Å². The number of carbonyl (C=O) groups is 3. The van der Waals surface area contributed by atoms with Crippen LogP contribution in [0.4, 0.5) is 9.80 Å². The molecule has 0 spiro atoms. The third-order valence-electron chi connectivity index (χ3n) is 6.09. The average molecular weight is 508 g/mol. The number of ether oxygens (including phenoxy) is 3. The van der Waals surface area contributed by atoms with E-state index in [1.165, 1.54) is 18.4 Å². The Kier molecular flexibility index (Phi) is 6.51. The molecule has 2 aliphatic rings. The lowest BCUT2D eigenvalue weighted by Gasteiger charge is -2.28. The Morgan fingerprint density at radius 2 is 1.92 bits per heavy atom. The maximum Gasteiger partial charge on any atom is 0.410 e. The van der Waals surface area contributed by atoms with Crippen molar-refractivity contribution in [3.63, 3.8) is 0 Å². The van der Waals surface area contributed by atoms with Crippen LogP contribution in [0.1, 0.15) is 49.8 Å². The van der Waals surface area contributed by atoms with Crippen LogP contribution in [0.5, 0.6) is 11.5 Å². The van der Waals surface area contributed by atoms with Crippen molar-refractivity contribution in [3.8, 4) is 11.5 Å². The lowest BCUT2D eigenvalue weighted by atomic mass is 10.0. The van der Waals surface area contributed by atoms with Crippen LogP contribution in [0.25, 0.3) is 0 Å². The van der Waals surface area contributed by atoms with Crippen molar-refractivity contribution in [2.24, 2.45) is 0 Å². The molecule has 10 heteroatoms. The largest absolute Gasteiger partial charge is 0.493 e. The Labute approximate surface area is 212 Å². The predicted octanol–water partition coefficient (Wildman–Crippen LogP) is 4.34. The Bertz CT molecular complexity index is 1320. The Hall–Kier alpha value is -4.05. The van der Waals surface area contributed by atoms with Crippen LogP contribution in [-0.2, 0) is 17.7 Å². The number of rotatable bonds is 5. The molecule has 0 radical (unpaired) electrons. The van der Waals surface area contributed by atoms with Crippen LogP contribution >= 0.6 is 11.3 Å². The van der Waals surface area contributed by atoms with Gasteiger partial charge in [-0.3, -0.25) is 4.79 Å². The van der Waals surface area contributed by atoms with E-state index < -0.39 is 12.1 Å². The smallest absolute Gasteiger partial charge is 0.410 e. The van der Waals surface area contributed by atoms with Gasteiger partial charge in [0.05, 0.1) is 31.4 Å². The molecule has 9 nitrogen and oxygen atoms in total. The lowest BCUT2D eigenvalue weighted by molar-refractivity contribution is 0.0729. The van der Waals surface area contributed by atoms with Crippen molar-refractivity contribution in [1.82, 2.24) is 10.2 Å². The number of carbonyl (C=O) groups excluding carboxylic acids is 3. The zero-order valence-electron chi connectivity index (χ0n) is 19.8. The molecule has 3 aromatic rings. The summed E-state index contributed by atoms with van der Waals surface area (Å²) in [5, 5.41) is 7.16. The number of nitrogens with zero attached hydrogens (tertiary/aromatic N) is 1. The number of nitrogens with one attached hydrogen (secondary N) is 2. The van der Waals surface area contributed by atoms with Crippen LogP contribution < -0.4 is 20.1 Å². The average Bonchev–Trinajstić information content (AvgIpc) is 3.27. The van der Waals surface area contributed by atoms with Gasteiger partial charge in [0.2, 0.25) is 0 Å². The first kappa shape index (κ1) is 23.7. The fraction of sp³-hybridized carbons (Fsp3) is 0.269. The lowest BCUT2D eigenvalue weighted by Crippen LogP contribution is -2.39. The van der Waals surface area contributed by atoms with Crippen LogP contribution in [0.15, 0.2) is 48.5 Å². The molecule has 0 fully saturated rings. The van der Waals surface area contributed by atoms with E-state index in [0.29, 0.717) is 43.0 Å². The fourth-order valence-electron chi connectivity index (χ4n) is 4.33. The standard InChI is InChI=1S/C26H25N3O6S/c1-3-34-26(32)29-12-11-17-20(14-29)36-24-21(17)23(30)27-22(28-24)16-9-10-18(19(13-16)33-2)35-25(31)15-7-5-4-6-8-15/h4-10,13,22,28H,3,11-12,14H2,1-2H3,(H,27,30)/t22-/m0/s1. The van der Waals surface area contributed by atoms with Crippen molar-refractivity contribution in [2.75, 3.05) is 25.6 Å². The molecule has 0 unspecified atom stereocenters. The van der Waals surface area contributed by atoms with E-state index >= 15 is 0 Å². The topological polar surface area (TPSA) is 106 Å². The summed E-state index contributed by atoms with van der Waals surface area (Å²) in [6, 6.07) is 13.8. The van der Waals surface area contributed by atoms with Gasteiger partial charge in [0, 0.05) is 11.4 Å². The van der Waals surface area contributed by atoms with Crippen molar-refractivity contribution >= 4 is 34.3 Å². The molecule has 1 aromatic heterocycles. The highest BCUT2D eigenvalue weighted by atomic mass is 32.1. The molecule has 0 saturated carbocycles. The summed E-state index contributed by atoms with van der Waals surface area (Å²) in [6.07, 6.45) is -0.251. The van der Waals surface area contributed by atoms with Crippen molar-refractivity contribution in [2.45, 2.75) is 26.1 Å². The van der Waals surface area contributed by atoms with Gasteiger partial charge in [0.15, 0.2) is 11.5 Å². The van der Waals surface area contributed by atoms with E-state index in [9.17, 15) is 14.4 Å². The number of hydrogen-bond acceptors (Lipinski definition) is 8. The maximum atomic E-state index is 13.1. The second-order valence-corrected chi connectivity index (χ2v) is 9.40. The van der Waals surface area contributed by atoms with E-state index in [1.807, 2.05) is 6.07 Å². The van der Waals surface area contributed by atoms with Crippen LogP contribution in [-0.4, -0.2) is 43.1 Å². The molecule has 2 aromatic carbocycles. The summed E-state index contributed by atoms with van der Waals surface area (Å²) in [4.78, 5) is 40.4. The van der Waals surface area contributed by atoms with E-state index in [4.69, 9.17) is 14.2 Å². The molecule has 3 heterocycles. The highest BCUT2D eigenvalue weighted by Gasteiger charge is 2.34. The van der Waals surface area contributed by atoms with Gasteiger partial charge < -0.3 is 29.7 Å². The molecule has 0 bridgehead atoms. The Morgan fingerprint density at radius 3 is 2.67 bits per heavy atom. The molecule has 186 valence electrons. The molecule has 0 aliphatic carbocycles. The van der Waals surface area contributed by atoms with Gasteiger partial charge in [-0.25, -0.2) is 9.59 Å². The Morgan fingerprint density at radius 1 is 1.11 bits per heavy atom. The van der Waals surface area contributed by atoms with Crippen LogP contribution in [0, 0.1) is 0 Å². The summed E-state index contributed by atoms with van der Waals surface area (Å²) < 4.78 is 16.1. The highest BCUT2D eigenvalue weighted by molar-refractivity contribution is 7.16. The molecule has 2 aliphatic heterocycles. The number of thiophene rings is 1. The van der Waals surface area contributed by atoms with E-state index in [-0.39, 0.29) is 17.7 Å². The number of fused-ring (bicyclic) bond motifs is 3. The number of amides is 2. The maximum absolute atomic E-state index is 13.1. The second-order valence-electron chi connectivity index (χ2n) is 8.30. The van der Waals surface area contributed by atoms with Gasteiger partial charge in [-0.05, 0) is 48.7 Å². The van der Waals surface area contributed by atoms with E-state index in [2.05, 4.69) is 10.6 Å². The number of hydrogen-bond donors (Lipinski definition) is 2. The van der Waals surface area contributed by atoms with Gasteiger partial charge in [-0.15, -0.1) is 11.3 Å². The number of esters is 1. The zero-order valence-corrected chi connectivity index (χ0v) is 20.6. The normalized spacial score (nSPS) is 16.2. The SMILES string of the molecule is CCOC(=O)N1CCc2c(sc3c2C(=O)N[C@H](c2ccc(OC(=O)c4ccccc4)c(OC)c2)N3)C1. The highest BCUT2D eigenvalue weighted by Crippen LogP contribution is 2.41. The van der Waals surface area contributed by atoms with Crippen molar-refractivity contribution in [1.29, 1.82) is 0 Å². The first-order valence-corrected chi connectivity index (χ1v) is 12.4. The number of methoxy groups -OCH3 is 1. The van der Waals surface area contributed by atoms with Gasteiger partial charge in [-0.2, -0.15) is 0 Å². The molecule has 0 saturated heterocycles. The first-order valence-electron chi connectivity index (χ1n) is 11.6. The third-order valence-corrected chi connectivity index (χ3v) is 7.24. The number of benzene rings is 2. The minimum atomic E-state index is -0.501. The molecule has 2 N–H and O–H groups in total. The summed E-state index contributed by atoms with van der Waals surface area (Å²) in [6.45, 7) is 3.02. The summed E-state index contributed by atoms with van der Waals surface area (Å²) in [5.74, 6) is -0.0106. The third kappa shape index (κ3) is 4.47. The fourth-order valence-corrected chi connectivity index (χ4v) is 5.62. The molecule has 2 amide bonds. The second kappa shape index (κ2) is 9.90. The van der Waals surface area contributed by atoms with Crippen molar-refractivity contribution in [3.05, 3.63) is 75.7 Å². The first-order chi connectivity index (χ1) is 17.5. The number of anilines is 1. The summed E-state index contributed by atoms with van der Waals surface area (Å²) >= 11 is 1.48. The predicted molar refractivity (Wildman–Crippen MR) is 134 cm³/mol. The summed E-state index contributed by atoms with van der Waals surface area (Å²) in [5.41, 5.74) is 2.78. The molecular weight excluding hydrogens is 482 g/mol. The van der Waals surface area contributed by atoms with E-state index in [0.717, 1.165) is 21.0 Å². The Balaban J connectivity index is 1.35. The molecule has 5 rings (SSSR count). The minimum Gasteiger partial charge on any atom is -0.493 e. The molecule has 36 heavy (non-hydrogen) atoms. The molecular formula is C26H25N3O6S. The van der Waals surface area contributed by atoms with Crippen LogP contribution in [0.2, 0.25) is 0 Å². The van der Waals surface area contributed by atoms with Gasteiger partial charge >= 0.3 is 12.1 Å². The van der Waals surface area contributed by atoms with Gasteiger partial charge in [0.25, 0.3) is 5.91 Å².